The highest BCUT2D eigenvalue weighted by Crippen LogP contribution is 2.26. The van der Waals surface area contributed by atoms with Crippen LogP contribution in [0.5, 0.6) is 5.75 Å². The summed E-state index contributed by atoms with van der Waals surface area (Å²) in [5, 5.41) is 12.5. The third kappa shape index (κ3) is 4.98. The van der Waals surface area contributed by atoms with E-state index in [9.17, 15) is 0 Å². The minimum atomic E-state index is 0.538. The standard InChI is InChI=1S/C18H21ClN2O2/c1-14-16(12-20-22)18(9-8-17(14)19)23-11-10-21(2)13-15-6-4-3-5-7-15/h3-9,12,22H,10-11,13H2,1-2H3/b20-12+. The topological polar surface area (TPSA) is 45.1 Å². The van der Waals surface area contributed by atoms with Crippen LogP contribution >= 0.6 is 11.6 Å². The molecule has 0 aliphatic heterocycles. The maximum Gasteiger partial charge on any atom is 0.128 e. The molecule has 0 saturated carbocycles. The van der Waals surface area contributed by atoms with Crippen molar-refractivity contribution in [3.8, 4) is 5.75 Å². The molecule has 0 amide bonds. The number of halogens is 1. The zero-order valence-electron chi connectivity index (χ0n) is 13.4. The second kappa shape index (κ2) is 8.56. The molecule has 2 rings (SSSR count). The Bertz CT molecular complexity index is 660. The first kappa shape index (κ1) is 17.3. The summed E-state index contributed by atoms with van der Waals surface area (Å²) in [5.41, 5.74) is 2.80. The third-order valence-electron chi connectivity index (χ3n) is 3.62. The molecule has 4 nitrogen and oxygen atoms in total. The molecule has 0 aliphatic rings. The van der Waals surface area contributed by atoms with Crippen LogP contribution < -0.4 is 4.74 Å². The van der Waals surface area contributed by atoms with Crippen molar-refractivity contribution in [3.05, 3.63) is 64.2 Å². The summed E-state index contributed by atoms with van der Waals surface area (Å²) in [6, 6.07) is 13.9. The fraction of sp³-hybridized carbons (Fsp3) is 0.278. The molecule has 0 aromatic heterocycles. The summed E-state index contributed by atoms with van der Waals surface area (Å²) in [4.78, 5) is 2.19. The average molecular weight is 333 g/mol. The second-order valence-corrected chi connectivity index (χ2v) is 5.81. The Balaban J connectivity index is 1.92. The van der Waals surface area contributed by atoms with Crippen molar-refractivity contribution in [1.29, 1.82) is 0 Å². The summed E-state index contributed by atoms with van der Waals surface area (Å²) in [6.45, 7) is 4.06. The van der Waals surface area contributed by atoms with Gasteiger partial charge in [0.05, 0.1) is 6.21 Å². The number of likely N-dealkylation sites (N-methyl/N-ethyl adjacent to an activating group) is 1. The molecule has 122 valence electrons. The predicted molar refractivity (Wildman–Crippen MR) is 93.8 cm³/mol. The van der Waals surface area contributed by atoms with Gasteiger partial charge in [-0.05, 0) is 37.2 Å². The largest absolute Gasteiger partial charge is 0.492 e. The first-order valence-electron chi connectivity index (χ1n) is 7.43. The molecule has 0 aliphatic carbocycles. The van der Waals surface area contributed by atoms with E-state index in [2.05, 4.69) is 29.2 Å². The monoisotopic (exact) mass is 332 g/mol. The normalized spacial score (nSPS) is 11.3. The van der Waals surface area contributed by atoms with E-state index in [1.165, 1.54) is 11.8 Å². The van der Waals surface area contributed by atoms with Gasteiger partial charge in [0.2, 0.25) is 0 Å². The van der Waals surface area contributed by atoms with E-state index in [0.29, 0.717) is 22.9 Å². The molecule has 0 unspecified atom stereocenters. The lowest BCUT2D eigenvalue weighted by Crippen LogP contribution is -2.24. The van der Waals surface area contributed by atoms with Crippen LogP contribution in [0.1, 0.15) is 16.7 Å². The lowest BCUT2D eigenvalue weighted by atomic mass is 10.1. The highest BCUT2D eigenvalue weighted by atomic mass is 35.5. The molecule has 0 heterocycles. The van der Waals surface area contributed by atoms with Crippen molar-refractivity contribution >= 4 is 17.8 Å². The van der Waals surface area contributed by atoms with Gasteiger partial charge in [0, 0.05) is 23.7 Å². The van der Waals surface area contributed by atoms with Crippen LogP contribution in [0.2, 0.25) is 5.02 Å². The number of ether oxygens (including phenoxy) is 1. The van der Waals surface area contributed by atoms with E-state index >= 15 is 0 Å². The molecule has 0 atom stereocenters. The zero-order valence-corrected chi connectivity index (χ0v) is 14.1. The fourth-order valence-corrected chi connectivity index (χ4v) is 2.47. The highest BCUT2D eigenvalue weighted by molar-refractivity contribution is 6.31. The summed E-state index contributed by atoms with van der Waals surface area (Å²) >= 11 is 6.09. The van der Waals surface area contributed by atoms with Crippen molar-refractivity contribution in [1.82, 2.24) is 4.90 Å². The lowest BCUT2D eigenvalue weighted by Gasteiger charge is -2.18. The quantitative estimate of drug-likeness (QED) is 0.474. The van der Waals surface area contributed by atoms with Gasteiger partial charge in [-0.15, -0.1) is 0 Å². The molecular weight excluding hydrogens is 312 g/mol. The van der Waals surface area contributed by atoms with E-state index in [0.717, 1.165) is 18.7 Å². The van der Waals surface area contributed by atoms with Gasteiger partial charge in [-0.1, -0.05) is 47.1 Å². The zero-order chi connectivity index (χ0) is 16.7. The number of hydrogen-bond donors (Lipinski definition) is 1. The summed E-state index contributed by atoms with van der Waals surface area (Å²) in [7, 11) is 2.06. The lowest BCUT2D eigenvalue weighted by molar-refractivity contribution is 0.232. The van der Waals surface area contributed by atoms with Crippen LogP contribution in [0.25, 0.3) is 0 Å². The number of rotatable bonds is 7. The van der Waals surface area contributed by atoms with Gasteiger partial charge in [-0.3, -0.25) is 4.90 Å². The van der Waals surface area contributed by atoms with Crippen molar-refractivity contribution in [2.24, 2.45) is 5.16 Å². The second-order valence-electron chi connectivity index (χ2n) is 5.40. The molecule has 23 heavy (non-hydrogen) atoms. The Morgan fingerprint density at radius 1 is 1.22 bits per heavy atom. The number of hydrogen-bond acceptors (Lipinski definition) is 4. The van der Waals surface area contributed by atoms with Crippen molar-refractivity contribution in [2.45, 2.75) is 13.5 Å². The summed E-state index contributed by atoms with van der Waals surface area (Å²) in [5.74, 6) is 0.665. The summed E-state index contributed by atoms with van der Waals surface area (Å²) in [6.07, 6.45) is 1.35. The van der Waals surface area contributed by atoms with Gasteiger partial charge in [0.25, 0.3) is 0 Å². The molecule has 1 N–H and O–H groups in total. The Kier molecular flexibility index (Phi) is 6.44. The Labute approximate surface area is 141 Å². The number of benzene rings is 2. The van der Waals surface area contributed by atoms with Gasteiger partial charge >= 0.3 is 0 Å². The van der Waals surface area contributed by atoms with Crippen LogP contribution in [0, 0.1) is 6.92 Å². The molecule has 5 heteroatoms. The van der Waals surface area contributed by atoms with Crippen LogP contribution in [0.3, 0.4) is 0 Å². The maximum absolute atomic E-state index is 8.80. The third-order valence-corrected chi connectivity index (χ3v) is 4.03. The first-order valence-corrected chi connectivity index (χ1v) is 7.81. The van der Waals surface area contributed by atoms with Gasteiger partial charge in [0.1, 0.15) is 12.4 Å². The van der Waals surface area contributed by atoms with E-state index in [1.54, 1.807) is 12.1 Å². The van der Waals surface area contributed by atoms with Gasteiger partial charge in [-0.2, -0.15) is 0 Å². The highest BCUT2D eigenvalue weighted by Gasteiger charge is 2.09. The minimum Gasteiger partial charge on any atom is -0.492 e. The minimum absolute atomic E-state index is 0.538. The molecule has 0 fully saturated rings. The molecular formula is C18H21ClN2O2. The van der Waals surface area contributed by atoms with Gasteiger partial charge < -0.3 is 9.94 Å². The molecule has 0 radical (unpaired) electrons. The van der Waals surface area contributed by atoms with Crippen molar-refractivity contribution < 1.29 is 9.94 Å². The Hall–Kier alpha value is -2.04. The van der Waals surface area contributed by atoms with E-state index in [-0.39, 0.29) is 0 Å². The maximum atomic E-state index is 8.80. The number of oxime groups is 1. The predicted octanol–water partition coefficient (Wildman–Crippen LogP) is 3.97. The van der Waals surface area contributed by atoms with Crippen molar-refractivity contribution in [3.63, 3.8) is 0 Å². The average Bonchev–Trinajstić information content (AvgIpc) is 2.55. The molecule has 2 aromatic carbocycles. The molecule has 0 spiro atoms. The van der Waals surface area contributed by atoms with Gasteiger partial charge in [-0.25, -0.2) is 0 Å². The van der Waals surface area contributed by atoms with Crippen LogP contribution in [-0.4, -0.2) is 36.5 Å². The van der Waals surface area contributed by atoms with E-state index in [4.69, 9.17) is 21.5 Å². The molecule has 0 saturated heterocycles. The van der Waals surface area contributed by atoms with Gasteiger partial charge in [0.15, 0.2) is 0 Å². The first-order chi connectivity index (χ1) is 11.1. The smallest absolute Gasteiger partial charge is 0.128 e. The van der Waals surface area contributed by atoms with Crippen molar-refractivity contribution in [2.75, 3.05) is 20.2 Å². The molecule has 2 aromatic rings. The summed E-state index contributed by atoms with van der Waals surface area (Å²) < 4.78 is 5.83. The number of nitrogens with zero attached hydrogens (tertiary/aromatic N) is 2. The van der Waals surface area contributed by atoms with Crippen LogP contribution in [0.4, 0.5) is 0 Å². The fourth-order valence-electron chi connectivity index (χ4n) is 2.31. The molecule has 0 bridgehead atoms. The van der Waals surface area contributed by atoms with Crippen LogP contribution in [0.15, 0.2) is 47.6 Å². The SMILES string of the molecule is Cc1c(Cl)ccc(OCCN(C)Cc2ccccc2)c1/C=N/O. The van der Waals surface area contributed by atoms with Crippen LogP contribution in [-0.2, 0) is 6.54 Å². The Morgan fingerprint density at radius 2 is 1.96 bits per heavy atom. The van der Waals surface area contributed by atoms with E-state index < -0.39 is 0 Å². The Morgan fingerprint density at radius 3 is 2.65 bits per heavy atom. The van der Waals surface area contributed by atoms with E-state index in [1.807, 2.05) is 25.1 Å².